The summed E-state index contributed by atoms with van der Waals surface area (Å²) in [4.78, 5) is 12.6. The zero-order chi connectivity index (χ0) is 21.6. The van der Waals surface area contributed by atoms with E-state index in [0.717, 1.165) is 24.0 Å². The number of carbonyl (C=O) groups excluding carboxylic acids is 1. The molecule has 0 fully saturated rings. The van der Waals surface area contributed by atoms with E-state index in [1.807, 2.05) is 31.2 Å². The van der Waals surface area contributed by atoms with Gasteiger partial charge in [-0.15, -0.1) is 0 Å². The van der Waals surface area contributed by atoms with Gasteiger partial charge in [0.25, 0.3) is 5.91 Å². The van der Waals surface area contributed by atoms with Crippen molar-refractivity contribution in [2.75, 3.05) is 24.7 Å². The van der Waals surface area contributed by atoms with Gasteiger partial charge in [-0.25, -0.2) is 8.42 Å². The minimum atomic E-state index is -3.33. The number of ether oxygens (including phenoxy) is 2. The Balaban J connectivity index is 2.00. The molecule has 2 rings (SSSR count). The molecule has 0 aliphatic heterocycles. The van der Waals surface area contributed by atoms with E-state index in [9.17, 15) is 13.2 Å². The maximum atomic E-state index is 12.6. The highest BCUT2D eigenvalue weighted by molar-refractivity contribution is 7.92. The Morgan fingerprint density at radius 3 is 2.10 bits per heavy atom. The molecule has 0 spiro atoms. The summed E-state index contributed by atoms with van der Waals surface area (Å²) in [6.45, 7) is 3.67. The van der Waals surface area contributed by atoms with Crippen LogP contribution in [0.1, 0.15) is 31.9 Å². The lowest BCUT2D eigenvalue weighted by Gasteiger charge is -2.21. The molecule has 0 radical (unpaired) electrons. The highest BCUT2D eigenvalue weighted by Crippen LogP contribution is 2.22. The van der Waals surface area contributed by atoms with E-state index in [2.05, 4.69) is 5.32 Å². The summed E-state index contributed by atoms with van der Waals surface area (Å²) in [5, 5.41) is 3.00. The molecule has 1 N–H and O–H groups in total. The molecule has 0 aliphatic carbocycles. The molecule has 158 valence electrons. The number of rotatable bonds is 9. The Labute approximate surface area is 172 Å². The second-order valence-electron chi connectivity index (χ2n) is 6.73. The minimum absolute atomic E-state index is 0.134. The zero-order valence-electron chi connectivity index (χ0n) is 17.4. The lowest BCUT2D eigenvalue weighted by molar-refractivity contribution is -0.128. The van der Waals surface area contributed by atoms with E-state index < -0.39 is 16.1 Å². The van der Waals surface area contributed by atoms with Gasteiger partial charge >= 0.3 is 0 Å². The SMILES string of the molecule is CC[C@H](NC(=O)[C@H](C)Oc1ccc(N(C)S(C)(=O)=O)cc1)c1ccc(OC)cc1. The predicted molar refractivity (Wildman–Crippen MR) is 114 cm³/mol. The third-order valence-corrected chi connectivity index (χ3v) is 5.83. The molecule has 8 heteroatoms. The number of nitrogens with one attached hydrogen (secondary N) is 1. The summed E-state index contributed by atoms with van der Waals surface area (Å²) in [5.74, 6) is 1.01. The van der Waals surface area contributed by atoms with Crippen molar-refractivity contribution in [3.8, 4) is 11.5 Å². The van der Waals surface area contributed by atoms with E-state index in [1.165, 1.54) is 11.4 Å². The Bertz CT molecular complexity index is 911. The predicted octanol–water partition coefficient (Wildman–Crippen LogP) is 3.13. The molecule has 0 aromatic heterocycles. The third kappa shape index (κ3) is 6.12. The fourth-order valence-corrected chi connectivity index (χ4v) is 3.23. The summed E-state index contributed by atoms with van der Waals surface area (Å²) < 4.78 is 35.3. The number of nitrogens with zero attached hydrogens (tertiary/aromatic N) is 1. The number of benzene rings is 2. The molecule has 0 saturated carbocycles. The quantitative estimate of drug-likeness (QED) is 0.674. The van der Waals surface area contributed by atoms with Crippen molar-refractivity contribution >= 4 is 21.6 Å². The molecule has 1 amide bonds. The second kappa shape index (κ2) is 9.65. The number of hydrogen-bond acceptors (Lipinski definition) is 5. The van der Waals surface area contributed by atoms with Crippen LogP contribution in [0.3, 0.4) is 0 Å². The molecule has 2 atom stereocenters. The fraction of sp³-hybridized carbons (Fsp3) is 0.381. The van der Waals surface area contributed by atoms with E-state index in [-0.39, 0.29) is 11.9 Å². The van der Waals surface area contributed by atoms with Gasteiger partial charge < -0.3 is 14.8 Å². The Kier molecular flexibility index (Phi) is 7.50. The van der Waals surface area contributed by atoms with Crippen LogP contribution in [0.4, 0.5) is 5.69 Å². The second-order valence-corrected chi connectivity index (χ2v) is 8.74. The normalized spacial score (nSPS) is 13.3. The highest BCUT2D eigenvalue weighted by Gasteiger charge is 2.20. The van der Waals surface area contributed by atoms with Gasteiger partial charge in [0.05, 0.1) is 25.1 Å². The first-order valence-electron chi connectivity index (χ1n) is 9.30. The van der Waals surface area contributed by atoms with Gasteiger partial charge in [-0.2, -0.15) is 0 Å². The lowest BCUT2D eigenvalue weighted by Crippen LogP contribution is -2.38. The van der Waals surface area contributed by atoms with Gasteiger partial charge in [0.2, 0.25) is 10.0 Å². The van der Waals surface area contributed by atoms with Crippen LogP contribution >= 0.6 is 0 Å². The van der Waals surface area contributed by atoms with Crippen LogP contribution in [0.2, 0.25) is 0 Å². The Morgan fingerprint density at radius 2 is 1.62 bits per heavy atom. The van der Waals surface area contributed by atoms with Gasteiger partial charge in [0.1, 0.15) is 11.5 Å². The first kappa shape index (κ1) is 22.5. The molecule has 0 aliphatic rings. The zero-order valence-corrected chi connectivity index (χ0v) is 18.2. The van der Waals surface area contributed by atoms with Crippen LogP contribution in [0, 0.1) is 0 Å². The Hall–Kier alpha value is -2.74. The summed E-state index contributed by atoms with van der Waals surface area (Å²) in [5.41, 5.74) is 1.50. The van der Waals surface area contributed by atoms with Gasteiger partial charge in [-0.3, -0.25) is 9.10 Å². The average Bonchev–Trinajstić information content (AvgIpc) is 2.71. The van der Waals surface area contributed by atoms with Crippen molar-refractivity contribution < 1.29 is 22.7 Å². The van der Waals surface area contributed by atoms with Crippen LogP contribution < -0.4 is 19.1 Å². The van der Waals surface area contributed by atoms with Gasteiger partial charge in [0.15, 0.2) is 6.10 Å². The molecule has 7 nitrogen and oxygen atoms in total. The molecule has 2 aromatic carbocycles. The average molecular weight is 421 g/mol. The summed E-state index contributed by atoms with van der Waals surface area (Å²) in [6, 6.07) is 14.0. The number of sulfonamides is 1. The number of methoxy groups -OCH3 is 1. The molecule has 29 heavy (non-hydrogen) atoms. The van der Waals surface area contributed by atoms with E-state index in [4.69, 9.17) is 9.47 Å². The largest absolute Gasteiger partial charge is 0.497 e. The first-order chi connectivity index (χ1) is 13.7. The van der Waals surface area contributed by atoms with Crippen LogP contribution in [0.15, 0.2) is 48.5 Å². The van der Waals surface area contributed by atoms with E-state index in [0.29, 0.717) is 11.4 Å². The highest BCUT2D eigenvalue weighted by atomic mass is 32.2. The lowest BCUT2D eigenvalue weighted by atomic mass is 10.0. The maximum Gasteiger partial charge on any atom is 0.261 e. The maximum absolute atomic E-state index is 12.6. The molecule has 0 unspecified atom stereocenters. The summed E-state index contributed by atoms with van der Waals surface area (Å²) >= 11 is 0. The van der Waals surface area contributed by atoms with E-state index in [1.54, 1.807) is 38.3 Å². The van der Waals surface area contributed by atoms with Crippen molar-refractivity contribution in [1.82, 2.24) is 5.32 Å². The molecular weight excluding hydrogens is 392 g/mol. The molecule has 2 aromatic rings. The number of anilines is 1. The number of amides is 1. The summed E-state index contributed by atoms with van der Waals surface area (Å²) in [6.07, 6.45) is 1.16. The molecular formula is C21H28N2O5S. The fourth-order valence-electron chi connectivity index (χ4n) is 2.73. The van der Waals surface area contributed by atoms with E-state index >= 15 is 0 Å². The van der Waals surface area contributed by atoms with Gasteiger partial charge in [-0.1, -0.05) is 19.1 Å². The van der Waals surface area contributed by atoms with Crippen LogP contribution in [0.25, 0.3) is 0 Å². The summed E-state index contributed by atoms with van der Waals surface area (Å²) in [7, 11) is -0.245. The minimum Gasteiger partial charge on any atom is -0.497 e. The Morgan fingerprint density at radius 1 is 1.07 bits per heavy atom. The molecule has 0 saturated heterocycles. The monoisotopic (exact) mass is 420 g/mol. The third-order valence-electron chi connectivity index (χ3n) is 4.62. The van der Waals surface area contributed by atoms with Crippen LogP contribution in [-0.2, 0) is 14.8 Å². The van der Waals surface area contributed by atoms with Crippen molar-refractivity contribution in [2.45, 2.75) is 32.4 Å². The number of carbonyl (C=O) groups is 1. The first-order valence-corrected chi connectivity index (χ1v) is 11.2. The van der Waals surface area contributed by atoms with Gasteiger partial charge in [0, 0.05) is 7.05 Å². The molecule has 0 bridgehead atoms. The van der Waals surface area contributed by atoms with Crippen molar-refractivity contribution in [1.29, 1.82) is 0 Å². The van der Waals surface area contributed by atoms with Crippen LogP contribution in [-0.4, -0.2) is 40.8 Å². The van der Waals surface area contributed by atoms with Gasteiger partial charge in [-0.05, 0) is 55.3 Å². The number of hydrogen-bond donors (Lipinski definition) is 1. The molecule has 0 heterocycles. The standard InChI is InChI=1S/C21H28N2O5S/c1-6-20(16-7-11-18(27-4)12-8-16)22-21(24)15(2)28-19-13-9-17(10-14-19)23(3)29(5,25)26/h7-15,20H,6H2,1-5H3,(H,22,24)/t15-,20-/m0/s1. The smallest absolute Gasteiger partial charge is 0.261 e. The van der Waals surface area contributed by atoms with Crippen molar-refractivity contribution in [2.24, 2.45) is 0 Å². The van der Waals surface area contributed by atoms with Crippen molar-refractivity contribution in [3.05, 3.63) is 54.1 Å². The topological polar surface area (TPSA) is 84.9 Å². The van der Waals surface area contributed by atoms with Crippen molar-refractivity contribution in [3.63, 3.8) is 0 Å². The van der Waals surface area contributed by atoms with Crippen LogP contribution in [0.5, 0.6) is 11.5 Å².